The quantitative estimate of drug-likeness (QED) is 0.496. The number of hydrogen-bond donors (Lipinski definition) is 3. The fourth-order valence-electron chi connectivity index (χ4n) is 4.36. The van der Waals surface area contributed by atoms with Gasteiger partial charge in [-0.05, 0) is 26.7 Å². The SMILES string of the molecule is CCn1nc(C)c2c(NC3CCS(=O)(=O)CC3)c(C3=NOC(CC(N)=O)(C(N)=O)C3)cnc21. The highest BCUT2D eigenvalue weighted by atomic mass is 32.2. The molecular weight excluding hydrogens is 450 g/mol. The first-order valence-corrected chi connectivity index (χ1v) is 12.5. The highest BCUT2D eigenvalue weighted by Gasteiger charge is 2.47. The average molecular weight is 478 g/mol. The van der Waals surface area contributed by atoms with Gasteiger partial charge in [0.2, 0.25) is 11.5 Å². The summed E-state index contributed by atoms with van der Waals surface area (Å²) in [6, 6.07) is -0.0864. The van der Waals surface area contributed by atoms with Gasteiger partial charge in [-0.15, -0.1) is 0 Å². The van der Waals surface area contributed by atoms with Crippen LogP contribution in [0.2, 0.25) is 0 Å². The van der Waals surface area contributed by atoms with Crippen molar-refractivity contribution in [3.05, 3.63) is 17.5 Å². The number of hydrogen-bond acceptors (Lipinski definition) is 9. The number of anilines is 1. The smallest absolute Gasteiger partial charge is 0.265 e. The first-order chi connectivity index (χ1) is 15.5. The van der Waals surface area contributed by atoms with Crippen LogP contribution in [0.4, 0.5) is 5.69 Å². The van der Waals surface area contributed by atoms with E-state index in [-0.39, 0.29) is 24.0 Å². The molecule has 0 saturated carbocycles. The van der Waals surface area contributed by atoms with Crippen molar-refractivity contribution in [1.29, 1.82) is 0 Å². The summed E-state index contributed by atoms with van der Waals surface area (Å²) in [5.74, 6) is -1.36. The maximum absolute atomic E-state index is 12.1. The summed E-state index contributed by atoms with van der Waals surface area (Å²) in [5.41, 5.74) is 12.2. The molecule has 13 heteroatoms. The van der Waals surface area contributed by atoms with Crippen LogP contribution in [0.25, 0.3) is 11.0 Å². The number of nitrogens with two attached hydrogens (primary N) is 2. The summed E-state index contributed by atoms with van der Waals surface area (Å²) in [4.78, 5) is 33.6. The fraction of sp³-hybridized carbons (Fsp3) is 0.550. The third-order valence-corrected chi connectivity index (χ3v) is 7.86. The molecule has 1 fully saturated rings. The van der Waals surface area contributed by atoms with Crippen molar-refractivity contribution in [2.24, 2.45) is 16.6 Å². The molecule has 1 saturated heterocycles. The molecule has 0 aliphatic carbocycles. The molecule has 2 aliphatic heterocycles. The topological polar surface area (TPSA) is 185 Å². The number of pyridine rings is 1. The van der Waals surface area contributed by atoms with E-state index in [0.29, 0.717) is 42.0 Å². The Bertz CT molecular complexity index is 1260. The number of oxime groups is 1. The normalized spacial score (nSPS) is 22.7. The van der Waals surface area contributed by atoms with Crippen molar-refractivity contribution < 1.29 is 22.8 Å². The Morgan fingerprint density at radius 2 is 2.00 bits per heavy atom. The number of aromatic nitrogens is 3. The fourth-order valence-corrected chi connectivity index (χ4v) is 5.85. The Morgan fingerprint density at radius 3 is 2.61 bits per heavy atom. The Labute approximate surface area is 190 Å². The predicted octanol–water partition coefficient (Wildman–Crippen LogP) is -0.0274. The third-order valence-electron chi connectivity index (χ3n) is 6.14. The number of aryl methyl sites for hydroxylation is 2. The van der Waals surface area contributed by atoms with Crippen LogP contribution in [0.1, 0.15) is 43.9 Å². The van der Waals surface area contributed by atoms with Crippen LogP contribution in [-0.4, -0.2) is 63.9 Å². The molecule has 12 nitrogen and oxygen atoms in total. The van der Waals surface area contributed by atoms with E-state index in [2.05, 4.69) is 20.6 Å². The lowest BCUT2D eigenvalue weighted by Gasteiger charge is -2.26. The second-order valence-corrected chi connectivity index (χ2v) is 10.8. The molecule has 2 aromatic rings. The number of sulfone groups is 1. The number of nitrogens with one attached hydrogen (secondary N) is 1. The molecule has 0 aromatic carbocycles. The van der Waals surface area contributed by atoms with Crippen molar-refractivity contribution in [1.82, 2.24) is 14.8 Å². The molecule has 0 radical (unpaired) electrons. The van der Waals surface area contributed by atoms with Crippen LogP contribution >= 0.6 is 0 Å². The van der Waals surface area contributed by atoms with Gasteiger partial charge in [-0.1, -0.05) is 5.16 Å². The third kappa shape index (κ3) is 4.24. The zero-order valence-electron chi connectivity index (χ0n) is 18.5. The number of carbonyl (C=O) groups is 2. The first-order valence-electron chi connectivity index (χ1n) is 10.7. The Hall–Kier alpha value is -3.22. The lowest BCUT2D eigenvalue weighted by atomic mass is 9.89. The maximum Gasteiger partial charge on any atom is 0.265 e. The summed E-state index contributed by atoms with van der Waals surface area (Å²) in [6.45, 7) is 4.44. The average Bonchev–Trinajstić information content (AvgIpc) is 3.31. The molecule has 2 amide bonds. The van der Waals surface area contributed by atoms with Crippen molar-refractivity contribution in [3.63, 3.8) is 0 Å². The highest BCUT2D eigenvalue weighted by Crippen LogP contribution is 2.36. The molecular formula is C20H27N7O5S. The van der Waals surface area contributed by atoms with Gasteiger partial charge in [0.1, 0.15) is 9.84 Å². The van der Waals surface area contributed by atoms with E-state index in [4.69, 9.17) is 16.3 Å². The van der Waals surface area contributed by atoms with E-state index in [1.807, 2.05) is 13.8 Å². The number of fused-ring (bicyclic) bond motifs is 1. The molecule has 0 bridgehead atoms. The van der Waals surface area contributed by atoms with Crippen LogP contribution < -0.4 is 16.8 Å². The van der Waals surface area contributed by atoms with E-state index in [1.165, 1.54) is 0 Å². The second-order valence-electron chi connectivity index (χ2n) is 8.52. The van der Waals surface area contributed by atoms with E-state index >= 15 is 0 Å². The molecule has 1 atom stereocenters. The maximum atomic E-state index is 12.1. The van der Waals surface area contributed by atoms with Gasteiger partial charge in [-0.2, -0.15) is 5.10 Å². The minimum Gasteiger partial charge on any atom is -0.381 e. The van der Waals surface area contributed by atoms with Crippen molar-refractivity contribution in [2.75, 3.05) is 16.8 Å². The lowest BCUT2D eigenvalue weighted by molar-refractivity contribution is -0.145. The van der Waals surface area contributed by atoms with Gasteiger partial charge >= 0.3 is 0 Å². The van der Waals surface area contributed by atoms with Crippen molar-refractivity contribution in [2.45, 2.75) is 57.7 Å². The molecule has 1 unspecified atom stereocenters. The van der Waals surface area contributed by atoms with E-state index in [1.54, 1.807) is 10.9 Å². The van der Waals surface area contributed by atoms with E-state index < -0.39 is 33.7 Å². The molecule has 4 rings (SSSR count). The first kappa shape index (κ1) is 23.0. The molecule has 33 heavy (non-hydrogen) atoms. The second kappa shape index (κ2) is 8.28. The zero-order valence-corrected chi connectivity index (χ0v) is 19.3. The predicted molar refractivity (Wildman–Crippen MR) is 121 cm³/mol. The standard InChI is InChI=1S/C20H27N7O5S/c1-3-27-18-16(11(2)25-27)17(24-12-4-6-33(30,31)7-5-12)13(10-23-18)14-8-20(19(22)29,32-26-14)9-15(21)28/h10,12H,3-9H2,1-2H3,(H2,21,28)(H2,22,29)(H,23,24). The van der Waals surface area contributed by atoms with Crippen LogP contribution in [0, 0.1) is 6.92 Å². The van der Waals surface area contributed by atoms with Gasteiger partial charge in [0.25, 0.3) is 5.91 Å². The van der Waals surface area contributed by atoms with Gasteiger partial charge in [0, 0.05) is 30.8 Å². The molecule has 178 valence electrons. The Morgan fingerprint density at radius 1 is 1.30 bits per heavy atom. The van der Waals surface area contributed by atoms with Crippen LogP contribution in [0.3, 0.4) is 0 Å². The molecule has 2 aliphatic rings. The summed E-state index contributed by atoms with van der Waals surface area (Å²) in [5, 5.41) is 12.9. The number of rotatable bonds is 7. The monoisotopic (exact) mass is 477 g/mol. The van der Waals surface area contributed by atoms with Gasteiger partial charge in [0.15, 0.2) is 5.65 Å². The van der Waals surface area contributed by atoms with E-state index in [0.717, 1.165) is 11.1 Å². The van der Waals surface area contributed by atoms with Crippen LogP contribution in [-0.2, 0) is 30.8 Å². The molecule has 2 aromatic heterocycles. The van der Waals surface area contributed by atoms with Crippen molar-refractivity contribution >= 4 is 44.1 Å². The minimum absolute atomic E-state index is 0.0485. The summed E-state index contributed by atoms with van der Waals surface area (Å²) in [7, 11) is -3.03. The van der Waals surface area contributed by atoms with Gasteiger partial charge in [-0.25, -0.2) is 18.1 Å². The Balaban J connectivity index is 1.77. The zero-order chi connectivity index (χ0) is 24.0. The van der Waals surface area contributed by atoms with Crippen molar-refractivity contribution in [3.8, 4) is 0 Å². The molecule has 0 spiro atoms. The largest absolute Gasteiger partial charge is 0.381 e. The number of nitrogens with zero attached hydrogens (tertiary/aromatic N) is 4. The molecule has 4 heterocycles. The van der Waals surface area contributed by atoms with E-state index in [9.17, 15) is 18.0 Å². The highest BCUT2D eigenvalue weighted by molar-refractivity contribution is 7.91. The minimum atomic E-state index is -3.03. The Kier molecular flexibility index (Phi) is 5.76. The number of primary amides is 2. The summed E-state index contributed by atoms with van der Waals surface area (Å²) < 4.78 is 25.6. The van der Waals surface area contributed by atoms with Gasteiger partial charge < -0.3 is 21.6 Å². The van der Waals surface area contributed by atoms with Gasteiger partial charge in [0.05, 0.1) is 40.4 Å². The van der Waals surface area contributed by atoms with Crippen LogP contribution in [0.5, 0.6) is 0 Å². The summed E-state index contributed by atoms with van der Waals surface area (Å²) >= 11 is 0. The summed E-state index contributed by atoms with van der Waals surface area (Å²) in [6.07, 6.45) is 2.08. The van der Waals surface area contributed by atoms with Gasteiger partial charge in [-0.3, -0.25) is 9.59 Å². The molecule has 5 N–H and O–H groups in total. The number of carbonyl (C=O) groups excluding carboxylic acids is 2. The van der Waals surface area contributed by atoms with Crippen LogP contribution in [0.15, 0.2) is 11.4 Å². The lowest BCUT2D eigenvalue weighted by Crippen LogP contribution is -2.47. The number of amides is 2.